The Morgan fingerprint density at radius 3 is 2.73 bits per heavy atom. The van der Waals surface area contributed by atoms with Gasteiger partial charge in [-0.1, -0.05) is 12.8 Å². The quantitative estimate of drug-likeness (QED) is 0.675. The van der Waals surface area contributed by atoms with Gasteiger partial charge in [0.25, 0.3) is 0 Å². The summed E-state index contributed by atoms with van der Waals surface area (Å²) in [7, 11) is 0. The van der Waals surface area contributed by atoms with Crippen LogP contribution >= 0.6 is 0 Å². The summed E-state index contributed by atoms with van der Waals surface area (Å²) in [6.07, 6.45) is 5.83. The molecule has 2 saturated carbocycles. The Hall–Kier alpha value is -0.590. The van der Waals surface area contributed by atoms with Gasteiger partial charge in [0.15, 0.2) is 0 Å². The molecule has 3 rings (SSSR count). The van der Waals surface area contributed by atoms with Gasteiger partial charge in [0.2, 0.25) is 0 Å². The number of hydrogen-bond donors (Lipinski definition) is 1. The molecular formula is C10H13N. The van der Waals surface area contributed by atoms with E-state index in [-0.39, 0.29) is 0 Å². The Balaban J connectivity index is 1.58. The van der Waals surface area contributed by atoms with Gasteiger partial charge in [0.1, 0.15) is 0 Å². The maximum absolute atomic E-state index is 7.33. The lowest BCUT2D eigenvalue weighted by Gasteiger charge is -1.91. The van der Waals surface area contributed by atoms with Gasteiger partial charge in [-0.3, -0.25) is 0 Å². The standard InChI is InChI=1S/C10H13N/c11-10-5-9(10)8-4-7(8)3-6-1-2-6/h5-8,11H,1-4H2. The first-order valence-electron chi connectivity index (χ1n) is 4.65. The van der Waals surface area contributed by atoms with Gasteiger partial charge in [-0.05, 0) is 42.2 Å². The molecule has 0 spiro atoms. The van der Waals surface area contributed by atoms with Crippen molar-refractivity contribution in [2.75, 3.05) is 0 Å². The summed E-state index contributed by atoms with van der Waals surface area (Å²) >= 11 is 0. The average Bonchev–Trinajstić information content (AvgIpc) is 2.69. The lowest BCUT2D eigenvalue weighted by atomic mass is 10.1. The fourth-order valence-corrected chi connectivity index (χ4v) is 2.10. The Bertz CT molecular complexity index is 289. The summed E-state index contributed by atoms with van der Waals surface area (Å²) in [5.74, 6) is 2.90. The number of rotatable bonds is 3. The summed E-state index contributed by atoms with van der Waals surface area (Å²) in [6.45, 7) is 0. The third-order valence-corrected chi connectivity index (χ3v) is 3.18. The summed E-state index contributed by atoms with van der Waals surface area (Å²) in [6, 6.07) is 2.04. The topological polar surface area (TPSA) is 23.9 Å². The molecule has 0 aromatic heterocycles. The highest BCUT2D eigenvalue weighted by atomic mass is 14.5. The molecule has 0 radical (unpaired) electrons. The van der Waals surface area contributed by atoms with Gasteiger partial charge in [0.05, 0.1) is 5.36 Å². The van der Waals surface area contributed by atoms with E-state index in [2.05, 4.69) is 0 Å². The minimum Gasteiger partial charge on any atom is -0.301 e. The van der Waals surface area contributed by atoms with Crippen molar-refractivity contribution >= 4 is 0 Å². The highest BCUT2D eigenvalue weighted by Crippen LogP contribution is 2.54. The predicted molar refractivity (Wildman–Crippen MR) is 42.9 cm³/mol. The average molecular weight is 147 g/mol. The molecule has 58 valence electrons. The van der Waals surface area contributed by atoms with Crippen LogP contribution in [0.2, 0.25) is 0 Å². The Kier molecular flexibility index (Phi) is 0.961. The molecule has 0 amide bonds. The SMILES string of the molecule is N=c1cc1C1CC1CC1CC1. The minimum absolute atomic E-state index is 0.836. The molecule has 0 heterocycles. The van der Waals surface area contributed by atoms with Crippen molar-refractivity contribution in [3.8, 4) is 0 Å². The van der Waals surface area contributed by atoms with Crippen molar-refractivity contribution in [1.29, 1.82) is 5.41 Å². The van der Waals surface area contributed by atoms with Crippen LogP contribution in [0.15, 0.2) is 6.07 Å². The molecule has 1 nitrogen and oxygen atoms in total. The molecule has 0 aliphatic heterocycles. The molecule has 0 bridgehead atoms. The molecular weight excluding hydrogens is 134 g/mol. The van der Waals surface area contributed by atoms with Crippen molar-refractivity contribution in [2.24, 2.45) is 11.8 Å². The van der Waals surface area contributed by atoms with Crippen LogP contribution in [0.3, 0.4) is 0 Å². The fourth-order valence-electron chi connectivity index (χ4n) is 2.10. The zero-order chi connectivity index (χ0) is 7.42. The zero-order valence-electron chi connectivity index (χ0n) is 6.64. The van der Waals surface area contributed by atoms with Crippen molar-refractivity contribution in [3.63, 3.8) is 0 Å². The van der Waals surface area contributed by atoms with E-state index in [0.29, 0.717) is 0 Å². The van der Waals surface area contributed by atoms with Gasteiger partial charge in [-0.25, -0.2) is 0 Å². The van der Waals surface area contributed by atoms with Crippen LogP contribution in [0.25, 0.3) is 0 Å². The van der Waals surface area contributed by atoms with Crippen molar-refractivity contribution in [2.45, 2.75) is 31.6 Å². The highest BCUT2D eigenvalue weighted by molar-refractivity contribution is 5.31. The van der Waals surface area contributed by atoms with Crippen molar-refractivity contribution in [3.05, 3.63) is 17.0 Å². The first-order chi connectivity index (χ1) is 5.34. The molecule has 1 aromatic rings. The van der Waals surface area contributed by atoms with Crippen LogP contribution in [0.4, 0.5) is 0 Å². The molecule has 2 aliphatic carbocycles. The van der Waals surface area contributed by atoms with Gasteiger partial charge < -0.3 is 5.41 Å². The first kappa shape index (κ1) is 5.99. The molecule has 1 N–H and O–H groups in total. The predicted octanol–water partition coefficient (Wildman–Crippen LogP) is 1.95. The van der Waals surface area contributed by atoms with Gasteiger partial charge in [-0.15, -0.1) is 0 Å². The monoisotopic (exact) mass is 147 g/mol. The molecule has 11 heavy (non-hydrogen) atoms. The van der Waals surface area contributed by atoms with E-state index < -0.39 is 0 Å². The third kappa shape index (κ3) is 1.03. The van der Waals surface area contributed by atoms with Gasteiger partial charge in [0, 0.05) is 0 Å². The summed E-state index contributed by atoms with van der Waals surface area (Å²) in [4.78, 5) is 0. The van der Waals surface area contributed by atoms with E-state index >= 15 is 0 Å². The normalized spacial score (nSPS) is 36.4. The van der Waals surface area contributed by atoms with E-state index in [1.54, 1.807) is 0 Å². The summed E-state index contributed by atoms with van der Waals surface area (Å²) < 4.78 is 0. The van der Waals surface area contributed by atoms with E-state index in [1.165, 1.54) is 31.2 Å². The molecule has 1 aromatic carbocycles. The Labute approximate surface area is 66.6 Å². The number of hydrogen-bond acceptors (Lipinski definition) is 1. The second kappa shape index (κ2) is 1.77. The van der Waals surface area contributed by atoms with Crippen LogP contribution in [-0.2, 0) is 0 Å². The van der Waals surface area contributed by atoms with Crippen LogP contribution in [0.5, 0.6) is 0 Å². The molecule has 2 aliphatic rings. The lowest BCUT2D eigenvalue weighted by Crippen LogP contribution is -1.84. The van der Waals surface area contributed by atoms with E-state index in [9.17, 15) is 0 Å². The van der Waals surface area contributed by atoms with Crippen LogP contribution in [-0.4, -0.2) is 0 Å². The van der Waals surface area contributed by atoms with Gasteiger partial charge >= 0.3 is 0 Å². The molecule has 2 fully saturated rings. The first-order valence-corrected chi connectivity index (χ1v) is 4.65. The number of nitrogens with one attached hydrogen (secondary N) is 1. The molecule has 1 heteroatoms. The largest absolute Gasteiger partial charge is 0.301 e. The van der Waals surface area contributed by atoms with Crippen LogP contribution in [0, 0.1) is 17.2 Å². The smallest absolute Gasteiger partial charge is 0.0579 e. The molecule has 2 unspecified atom stereocenters. The third-order valence-electron chi connectivity index (χ3n) is 3.18. The molecule has 0 saturated heterocycles. The lowest BCUT2D eigenvalue weighted by molar-refractivity contribution is 0.637. The maximum atomic E-state index is 7.33. The van der Waals surface area contributed by atoms with Gasteiger partial charge in [-0.2, -0.15) is 0 Å². The fraction of sp³-hybridized carbons (Fsp3) is 0.700. The van der Waals surface area contributed by atoms with Crippen LogP contribution < -0.4 is 5.36 Å². The van der Waals surface area contributed by atoms with Crippen molar-refractivity contribution in [1.82, 2.24) is 0 Å². The Morgan fingerprint density at radius 2 is 2.18 bits per heavy atom. The van der Waals surface area contributed by atoms with E-state index in [0.717, 1.165) is 23.1 Å². The zero-order valence-corrected chi connectivity index (χ0v) is 6.64. The summed E-state index contributed by atoms with van der Waals surface area (Å²) in [5.41, 5.74) is 1.38. The second-order valence-corrected chi connectivity index (χ2v) is 4.29. The van der Waals surface area contributed by atoms with Crippen LogP contribution in [0.1, 0.15) is 37.2 Å². The minimum atomic E-state index is 0.836. The summed E-state index contributed by atoms with van der Waals surface area (Å²) in [5, 5.41) is 8.18. The maximum Gasteiger partial charge on any atom is 0.0579 e. The highest BCUT2D eigenvalue weighted by Gasteiger charge is 2.43. The van der Waals surface area contributed by atoms with E-state index in [1.807, 2.05) is 6.07 Å². The van der Waals surface area contributed by atoms with Crippen molar-refractivity contribution < 1.29 is 0 Å². The second-order valence-electron chi connectivity index (χ2n) is 4.29. The van der Waals surface area contributed by atoms with E-state index in [4.69, 9.17) is 5.41 Å². The molecule has 2 atom stereocenters. The Morgan fingerprint density at radius 1 is 1.45 bits per heavy atom.